The van der Waals surface area contributed by atoms with Crippen molar-refractivity contribution in [2.24, 2.45) is 5.73 Å². The van der Waals surface area contributed by atoms with Crippen molar-refractivity contribution in [2.45, 2.75) is 18.9 Å². The van der Waals surface area contributed by atoms with Crippen molar-refractivity contribution >= 4 is 12.0 Å². The van der Waals surface area contributed by atoms with Gasteiger partial charge in [0.2, 0.25) is 0 Å². The summed E-state index contributed by atoms with van der Waals surface area (Å²) in [5.74, 6) is -0.326. The van der Waals surface area contributed by atoms with Gasteiger partial charge in [-0.2, -0.15) is 0 Å². The maximum absolute atomic E-state index is 11.5. The minimum atomic E-state index is -0.326. The molecular formula is C9H17N3O3. The van der Waals surface area contributed by atoms with E-state index in [-0.39, 0.29) is 24.5 Å². The molecule has 0 aromatic rings. The van der Waals surface area contributed by atoms with Crippen molar-refractivity contribution in [1.29, 1.82) is 0 Å². The van der Waals surface area contributed by atoms with Crippen molar-refractivity contribution in [3.63, 3.8) is 0 Å². The molecule has 0 spiro atoms. The number of hydrogen-bond donors (Lipinski definition) is 2. The first-order valence-corrected chi connectivity index (χ1v) is 4.98. The molecule has 0 bridgehead atoms. The average Bonchev–Trinajstić information content (AvgIpc) is 2.64. The van der Waals surface area contributed by atoms with Gasteiger partial charge in [-0.25, -0.2) is 4.79 Å². The number of carbonyl (C=O) groups is 2. The van der Waals surface area contributed by atoms with E-state index in [1.54, 1.807) is 4.90 Å². The number of rotatable bonds is 3. The summed E-state index contributed by atoms with van der Waals surface area (Å²) in [7, 11) is 1.32. The lowest BCUT2D eigenvalue weighted by Crippen LogP contribution is -2.40. The minimum Gasteiger partial charge on any atom is -0.469 e. The van der Waals surface area contributed by atoms with Crippen LogP contribution in [-0.2, 0) is 9.53 Å². The summed E-state index contributed by atoms with van der Waals surface area (Å²) in [6.45, 7) is 1.58. The van der Waals surface area contributed by atoms with Crippen molar-refractivity contribution in [1.82, 2.24) is 10.2 Å². The average molecular weight is 215 g/mol. The molecule has 1 heterocycles. The molecule has 0 aromatic heterocycles. The number of likely N-dealkylation sites (tertiary alicyclic amines) is 1. The Labute approximate surface area is 88.7 Å². The highest BCUT2D eigenvalue weighted by Gasteiger charge is 2.23. The van der Waals surface area contributed by atoms with Gasteiger partial charge >= 0.3 is 12.0 Å². The second kappa shape index (κ2) is 5.55. The molecule has 6 heteroatoms. The summed E-state index contributed by atoms with van der Waals surface area (Å²) in [5, 5.41) is 2.64. The predicted octanol–water partition coefficient (Wildman–Crippen LogP) is -0.708. The lowest BCUT2D eigenvalue weighted by Gasteiger charge is -2.16. The van der Waals surface area contributed by atoms with E-state index in [9.17, 15) is 9.59 Å². The highest BCUT2D eigenvalue weighted by Crippen LogP contribution is 2.06. The molecule has 15 heavy (non-hydrogen) atoms. The number of urea groups is 1. The van der Waals surface area contributed by atoms with Gasteiger partial charge in [0, 0.05) is 25.7 Å². The van der Waals surface area contributed by atoms with Crippen LogP contribution in [0.15, 0.2) is 0 Å². The molecule has 3 N–H and O–H groups in total. The van der Waals surface area contributed by atoms with Gasteiger partial charge in [0.05, 0.1) is 13.5 Å². The second-order valence-electron chi connectivity index (χ2n) is 3.55. The molecule has 1 rings (SSSR count). The molecule has 1 saturated heterocycles. The van der Waals surface area contributed by atoms with Gasteiger partial charge < -0.3 is 20.7 Å². The van der Waals surface area contributed by atoms with Crippen LogP contribution >= 0.6 is 0 Å². The van der Waals surface area contributed by atoms with Gasteiger partial charge in [0.1, 0.15) is 0 Å². The standard InChI is InChI=1S/C9H17N3O3/c1-15-8(13)2-4-11-9(14)12-5-3-7(10)6-12/h7H,2-6,10H2,1H3,(H,11,14)/t7-/m1/s1. The van der Waals surface area contributed by atoms with E-state index in [0.29, 0.717) is 19.6 Å². The van der Waals surface area contributed by atoms with Gasteiger partial charge in [-0.05, 0) is 6.42 Å². The number of methoxy groups -OCH3 is 1. The van der Waals surface area contributed by atoms with Crippen LogP contribution in [0.4, 0.5) is 4.79 Å². The van der Waals surface area contributed by atoms with E-state index in [0.717, 1.165) is 6.42 Å². The Bertz CT molecular complexity index is 245. The van der Waals surface area contributed by atoms with Gasteiger partial charge in [-0.15, -0.1) is 0 Å². The number of esters is 1. The fraction of sp³-hybridized carbons (Fsp3) is 0.778. The summed E-state index contributed by atoms with van der Waals surface area (Å²) in [5.41, 5.74) is 5.67. The lowest BCUT2D eigenvalue weighted by molar-refractivity contribution is -0.140. The largest absolute Gasteiger partial charge is 0.469 e. The first-order chi connectivity index (χ1) is 7.13. The Morgan fingerprint density at radius 3 is 2.87 bits per heavy atom. The maximum atomic E-state index is 11.5. The van der Waals surface area contributed by atoms with Crippen molar-refractivity contribution < 1.29 is 14.3 Å². The Balaban J connectivity index is 2.16. The van der Waals surface area contributed by atoms with Crippen LogP contribution in [0.25, 0.3) is 0 Å². The number of nitrogens with one attached hydrogen (secondary N) is 1. The second-order valence-corrected chi connectivity index (χ2v) is 3.55. The normalized spacial score (nSPS) is 20.1. The molecule has 0 radical (unpaired) electrons. The quantitative estimate of drug-likeness (QED) is 0.609. The van der Waals surface area contributed by atoms with Crippen molar-refractivity contribution in [2.75, 3.05) is 26.7 Å². The monoisotopic (exact) mass is 215 g/mol. The lowest BCUT2D eigenvalue weighted by atomic mass is 10.3. The van der Waals surface area contributed by atoms with Gasteiger partial charge in [-0.1, -0.05) is 0 Å². The van der Waals surface area contributed by atoms with E-state index in [1.165, 1.54) is 7.11 Å². The molecule has 0 aromatic carbocycles. The Kier molecular flexibility index (Phi) is 4.36. The first-order valence-electron chi connectivity index (χ1n) is 4.98. The Hall–Kier alpha value is -1.30. The number of nitrogens with two attached hydrogens (primary N) is 1. The molecule has 0 saturated carbocycles. The highest BCUT2D eigenvalue weighted by molar-refractivity contribution is 5.75. The van der Waals surface area contributed by atoms with Crippen LogP contribution in [0.3, 0.4) is 0 Å². The van der Waals surface area contributed by atoms with Gasteiger partial charge in [-0.3, -0.25) is 4.79 Å². The fourth-order valence-electron chi connectivity index (χ4n) is 1.46. The molecule has 0 unspecified atom stereocenters. The van der Waals surface area contributed by atoms with E-state index in [1.807, 2.05) is 0 Å². The molecule has 86 valence electrons. The van der Waals surface area contributed by atoms with E-state index < -0.39 is 0 Å². The summed E-state index contributed by atoms with van der Waals surface area (Å²) < 4.78 is 4.45. The van der Waals surface area contributed by atoms with Gasteiger partial charge in [0.15, 0.2) is 0 Å². The summed E-state index contributed by atoms with van der Waals surface area (Å²) >= 11 is 0. The third kappa shape index (κ3) is 3.75. The predicted molar refractivity (Wildman–Crippen MR) is 54.2 cm³/mol. The van der Waals surface area contributed by atoms with Crippen LogP contribution < -0.4 is 11.1 Å². The topological polar surface area (TPSA) is 84.7 Å². The Morgan fingerprint density at radius 1 is 1.60 bits per heavy atom. The van der Waals surface area contributed by atoms with Crippen LogP contribution in [0.1, 0.15) is 12.8 Å². The van der Waals surface area contributed by atoms with Crippen molar-refractivity contribution in [3.8, 4) is 0 Å². The molecular weight excluding hydrogens is 198 g/mol. The SMILES string of the molecule is COC(=O)CCNC(=O)N1CC[C@@H](N)C1. The number of ether oxygens (including phenoxy) is 1. The summed E-state index contributed by atoms with van der Waals surface area (Å²) in [6, 6.07) is -0.0804. The van der Waals surface area contributed by atoms with Gasteiger partial charge in [0.25, 0.3) is 0 Å². The van der Waals surface area contributed by atoms with Crippen LogP contribution in [-0.4, -0.2) is 49.7 Å². The Morgan fingerprint density at radius 2 is 2.33 bits per heavy atom. The number of amides is 2. The molecule has 0 aliphatic carbocycles. The molecule has 1 aliphatic rings. The van der Waals surface area contributed by atoms with Crippen molar-refractivity contribution in [3.05, 3.63) is 0 Å². The van der Waals surface area contributed by atoms with Crippen LogP contribution in [0.2, 0.25) is 0 Å². The zero-order valence-electron chi connectivity index (χ0n) is 8.86. The molecule has 2 amide bonds. The zero-order valence-corrected chi connectivity index (χ0v) is 8.86. The molecule has 6 nitrogen and oxygen atoms in total. The van der Waals surface area contributed by atoms with E-state index in [2.05, 4.69) is 10.1 Å². The molecule has 1 aliphatic heterocycles. The number of hydrogen-bond acceptors (Lipinski definition) is 4. The number of carbonyl (C=O) groups excluding carboxylic acids is 2. The maximum Gasteiger partial charge on any atom is 0.317 e. The first kappa shape index (κ1) is 11.8. The minimum absolute atomic E-state index is 0.0800. The highest BCUT2D eigenvalue weighted by atomic mass is 16.5. The van der Waals surface area contributed by atoms with E-state index >= 15 is 0 Å². The summed E-state index contributed by atoms with van der Waals surface area (Å²) in [6.07, 6.45) is 1.03. The van der Waals surface area contributed by atoms with Crippen LogP contribution in [0, 0.1) is 0 Å². The molecule has 1 atom stereocenters. The van der Waals surface area contributed by atoms with Crippen LogP contribution in [0.5, 0.6) is 0 Å². The molecule has 1 fully saturated rings. The third-order valence-corrected chi connectivity index (χ3v) is 2.34. The summed E-state index contributed by atoms with van der Waals surface area (Å²) in [4.78, 5) is 23.9. The van der Waals surface area contributed by atoms with E-state index in [4.69, 9.17) is 5.73 Å². The third-order valence-electron chi connectivity index (χ3n) is 2.34. The fourth-order valence-corrected chi connectivity index (χ4v) is 1.46. The number of nitrogens with zero attached hydrogens (tertiary/aromatic N) is 1. The zero-order chi connectivity index (χ0) is 11.3. The smallest absolute Gasteiger partial charge is 0.317 e.